The third-order valence-corrected chi connectivity index (χ3v) is 3.97. The molecule has 7 heteroatoms. The molecular weight excluding hydrogens is 327 g/mol. The van der Waals surface area contributed by atoms with Crippen molar-refractivity contribution in [3.05, 3.63) is 28.2 Å². The summed E-state index contributed by atoms with van der Waals surface area (Å²) in [4.78, 5) is 2.23. The van der Waals surface area contributed by atoms with E-state index in [4.69, 9.17) is 32.7 Å². The molecule has 1 saturated heterocycles. The molecule has 0 bridgehead atoms. The van der Waals surface area contributed by atoms with Gasteiger partial charge < -0.3 is 24.8 Å². The molecule has 2 unspecified atom stereocenters. The van der Waals surface area contributed by atoms with E-state index < -0.39 is 6.10 Å². The lowest BCUT2D eigenvalue weighted by Gasteiger charge is -2.30. The molecule has 2 N–H and O–H groups in total. The number of rotatable bonds is 7. The fourth-order valence-corrected chi connectivity index (χ4v) is 2.57. The zero-order chi connectivity index (χ0) is 15.9. The number of nitrogens with one attached hydrogen (secondary N) is 1. The molecule has 0 aromatic heterocycles. The van der Waals surface area contributed by atoms with Gasteiger partial charge in [0.15, 0.2) is 0 Å². The summed E-state index contributed by atoms with van der Waals surface area (Å²) in [5.74, 6) is 0.477. The second-order valence-electron chi connectivity index (χ2n) is 5.45. The van der Waals surface area contributed by atoms with Gasteiger partial charge in [-0.1, -0.05) is 23.2 Å². The minimum atomic E-state index is -0.628. The Morgan fingerprint density at radius 3 is 3.09 bits per heavy atom. The van der Waals surface area contributed by atoms with Crippen molar-refractivity contribution in [2.24, 2.45) is 0 Å². The van der Waals surface area contributed by atoms with E-state index in [-0.39, 0.29) is 12.7 Å². The topological polar surface area (TPSA) is 54.0 Å². The summed E-state index contributed by atoms with van der Waals surface area (Å²) in [6, 6.07) is 4.99. The van der Waals surface area contributed by atoms with Crippen LogP contribution >= 0.6 is 23.2 Å². The van der Waals surface area contributed by atoms with E-state index in [9.17, 15) is 5.11 Å². The molecule has 0 saturated carbocycles. The van der Waals surface area contributed by atoms with Crippen LogP contribution in [-0.2, 0) is 4.74 Å². The van der Waals surface area contributed by atoms with Crippen molar-refractivity contribution in [1.82, 2.24) is 10.2 Å². The Hall–Kier alpha value is -0.560. The molecule has 1 fully saturated rings. The van der Waals surface area contributed by atoms with Crippen LogP contribution in [0.1, 0.15) is 0 Å². The second kappa shape index (κ2) is 8.91. The van der Waals surface area contributed by atoms with Gasteiger partial charge in [0.2, 0.25) is 0 Å². The van der Waals surface area contributed by atoms with E-state index in [1.54, 1.807) is 18.2 Å². The van der Waals surface area contributed by atoms with Crippen molar-refractivity contribution in [2.75, 3.05) is 46.4 Å². The normalized spacial score (nSPS) is 20.8. The van der Waals surface area contributed by atoms with Crippen LogP contribution in [-0.4, -0.2) is 68.7 Å². The second-order valence-corrected chi connectivity index (χ2v) is 6.30. The molecule has 2 rings (SSSR count). The average Bonchev–Trinajstić information content (AvgIpc) is 2.48. The standard InChI is InChI=1S/C15H22Cl2N2O3/c1-19-4-5-21-13(9-19)8-18-7-12(20)10-22-15-6-11(16)2-3-14(15)17/h2-3,6,12-13,18,20H,4-5,7-10H2,1H3. The lowest BCUT2D eigenvalue weighted by molar-refractivity contribution is -0.0196. The first-order valence-corrected chi connectivity index (χ1v) is 8.07. The zero-order valence-electron chi connectivity index (χ0n) is 12.6. The van der Waals surface area contributed by atoms with E-state index in [0.717, 1.165) is 19.7 Å². The SMILES string of the molecule is CN1CCOC(CNCC(O)COc2cc(Cl)ccc2Cl)C1. The number of morpholine rings is 1. The average molecular weight is 349 g/mol. The first-order valence-electron chi connectivity index (χ1n) is 7.31. The molecule has 22 heavy (non-hydrogen) atoms. The van der Waals surface area contributed by atoms with Crippen LogP contribution in [0.25, 0.3) is 0 Å². The van der Waals surface area contributed by atoms with Crippen molar-refractivity contribution in [2.45, 2.75) is 12.2 Å². The van der Waals surface area contributed by atoms with E-state index in [1.165, 1.54) is 0 Å². The lowest BCUT2D eigenvalue weighted by Crippen LogP contribution is -2.46. The Bertz CT molecular complexity index is 476. The molecule has 0 radical (unpaired) electrons. The quantitative estimate of drug-likeness (QED) is 0.784. The Labute approximate surface area is 141 Å². The van der Waals surface area contributed by atoms with Crippen molar-refractivity contribution in [1.29, 1.82) is 0 Å². The van der Waals surface area contributed by atoms with Crippen LogP contribution in [0.4, 0.5) is 0 Å². The van der Waals surface area contributed by atoms with Crippen molar-refractivity contribution in [3.8, 4) is 5.75 Å². The third kappa shape index (κ3) is 5.91. The zero-order valence-corrected chi connectivity index (χ0v) is 14.1. The molecule has 1 aromatic carbocycles. The minimum absolute atomic E-state index is 0.151. The Morgan fingerprint density at radius 1 is 1.50 bits per heavy atom. The van der Waals surface area contributed by atoms with Gasteiger partial charge in [-0.15, -0.1) is 0 Å². The molecule has 5 nitrogen and oxygen atoms in total. The summed E-state index contributed by atoms with van der Waals surface area (Å²) in [6.07, 6.45) is -0.467. The molecule has 1 aliphatic heterocycles. The van der Waals surface area contributed by atoms with Crippen molar-refractivity contribution >= 4 is 23.2 Å². The van der Waals surface area contributed by atoms with Gasteiger partial charge in [-0.2, -0.15) is 0 Å². The van der Waals surface area contributed by atoms with Crippen LogP contribution in [0.3, 0.4) is 0 Å². The number of nitrogens with zero attached hydrogens (tertiary/aromatic N) is 1. The van der Waals surface area contributed by atoms with Crippen LogP contribution in [0.2, 0.25) is 10.0 Å². The number of aliphatic hydroxyl groups excluding tert-OH is 1. The predicted molar refractivity (Wildman–Crippen MR) is 88.1 cm³/mol. The summed E-state index contributed by atoms with van der Waals surface area (Å²) in [7, 11) is 2.08. The first-order chi connectivity index (χ1) is 10.5. The van der Waals surface area contributed by atoms with E-state index in [1.807, 2.05) is 0 Å². The van der Waals surface area contributed by atoms with Gasteiger partial charge in [-0.05, 0) is 19.2 Å². The predicted octanol–water partition coefficient (Wildman–Crippen LogP) is 1.65. The molecule has 2 atom stereocenters. The highest BCUT2D eigenvalue weighted by Gasteiger charge is 2.17. The number of hydrogen-bond acceptors (Lipinski definition) is 5. The number of ether oxygens (including phenoxy) is 2. The van der Waals surface area contributed by atoms with Gasteiger partial charge in [0.25, 0.3) is 0 Å². The Morgan fingerprint density at radius 2 is 2.32 bits per heavy atom. The summed E-state index contributed by atoms with van der Waals surface area (Å²) >= 11 is 11.9. The molecule has 0 spiro atoms. The first kappa shape index (κ1) is 17.8. The monoisotopic (exact) mass is 348 g/mol. The molecule has 0 amide bonds. The van der Waals surface area contributed by atoms with Gasteiger partial charge in [0.1, 0.15) is 18.5 Å². The van der Waals surface area contributed by atoms with Gasteiger partial charge in [-0.3, -0.25) is 0 Å². The van der Waals surface area contributed by atoms with E-state index in [2.05, 4.69) is 17.3 Å². The highest BCUT2D eigenvalue weighted by molar-refractivity contribution is 6.34. The van der Waals surface area contributed by atoms with E-state index in [0.29, 0.717) is 28.9 Å². The van der Waals surface area contributed by atoms with E-state index >= 15 is 0 Å². The molecule has 0 aliphatic carbocycles. The molecule has 124 valence electrons. The van der Waals surface area contributed by atoms with Crippen LogP contribution in [0.5, 0.6) is 5.75 Å². The minimum Gasteiger partial charge on any atom is -0.489 e. The lowest BCUT2D eigenvalue weighted by atomic mass is 10.2. The maximum atomic E-state index is 9.94. The number of benzene rings is 1. The molecular formula is C15H22Cl2N2O3. The summed E-state index contributed by atoms with van der Waals surface area (Å²) in [6.45, 7) is 3.91. The van der Waals surface area contributed by atoms with Gasteiger partial charge in [0, 0.05) is 37.3 Å². The number of halogens is 2. The summed E-state index contributed by atoms with van der Waals surface area (Å²) in [5.41, 5.74) is 0. The number of aliphatic hydroxyl groups is 1. The fourth-order valence-electron chi connectivity index (χ4n) is 2.23. The maximum Gasteiger partial charge on any atom is 0.139 e. The van der Waals surface area contributed by atoms with Gasteiger partial charge in [0.05, 0.1) is 17.7 Å². The number of hydrogen-bond donors (Lipinski definition) is 2. The van der Waals surface area contributed by atoms with Gasteiger partial charge >= 0.3 is 0 Å². The third-order valence-electron chi connectivity index (χ3n) is 3.42. The Kier molecular flexibility index (Phi) is 7.21. The highest BCUT2D eigenvalue weighted by atomic mass is 35.5. The summed E-state index contributed by atoms with van der Waals surface area (Å²) in [5, 5.41) is 14.2. The molecule has 1 aromatic rings. The molecule has 1 heterocycles. The smallest absolute Gasteiger partial charge is 0.139 e. The number of likely N-dealkylation sites (N-methyl/N-ethyl adjacent to an activating group) is 1. The molecule has 1 aliphatic rings. The maximum absolute atomic E-state index is 9.94. The van der Waals surface area contributed by atoms with Crippen molar-refractivity contribution < 1.29 is 14.6 Å². The largest absolute Gasteiger partial charge is 0.489 e. The highest BCUT2D eigenvalue weighted by Crippen LogP contribution is 2.27. The van der Waals surface area contributed by atoms with Crippen LogP contribution in [0.15, 0.2) is 18.2 Å². The van der Waals surface area contributed by atoms with Crippen LogP contribution in [0, 0.1) is 0 Å². The van der Waals surface area contributed by atoms with Crippen molar-refractivity contribution in [3.63, 3.8) is 0 Å². The van der Waals surface area contributed by atoms with Gasteiger partial charge in [-0.25, -0.2) is 0 Å². The Balaban J connectivity index is 1.65. The van der Waals surface area contributed by atoms with Crippen LogP contribution < -0.4 is 10.1 Å². The fraction of sp³-hybridized carbons (Fsp3) is 0.600. The summed E-state index contributed by atoms with van der Waals surface area (Å²) < 4.78 is 11.1.